The van der Waals surface area contributed by atoms with Crippen molar-refractivity contribution in [2.24, 2.45) is 0 Å². The van der Waals surface area contributed by atoms with Crippen molar-refractivity contribution >= 4 is 11.9 Å². The predicted molar refractivity (Wildman–Crippen MR) is 98.7 cm³/mol. The number of carbonyl (C=O) groups excluding carboxylic acids is 2. The van der Waals surface area contributed by atoms with Crippen LogP contribution in [0.2, 0.25) is 0 Å². The van der Waals surface area contributed by atoms with E-state index in [2.05, 4.69) is 0 Å². The van der Waals surface area contributed by atoms with Crippen LogP contribution >= 0.6 is 0 Å². The van der Waals surface area contributed by atoms with Crippen LogP contribution in [0.1, 0.15) is 47.2 Å². The SMILES string of the molecule is O=C1OC2(CCN(C(=O)CCCc3ccc(F)cc3)CC2)c2ccccc21. The van der Waals surface area contributed by atoms with Gasteiger partial charge in [0.25, 0.3) is 0 Å². The minimum atomic E-state index is -0.571. The van der Waals surface area contributed by atoms with Crippen molar-refractivity contribution < 1.29 is 18.7 Å². The van der Waals surface area contributed by atoms with Crippen molar-refractivity contribution in [1.82, 2.24) is 4.90 Å². The first kappa shape index (κ1) is 17.7. The topological polar surface area (TPSA) is 46.6 Å². The highest BCUT2D eigenvalue weighted by atomic mass is 19.1. The summed E-state index contributed by atoms with van der Waals surface area (Å²) in [6.45, 7) is 1.19. The average molecular weight is 367 g/mol. The molecule has 2 aliphatic rings. The quantitative estimate of drug-likeness (QED) is 0.772. The Hall–Kier alpha value is -2.69. The van der Waals surface area contributed by atoms with Gasteiger partial charge in [-0.3, -0.25) is 4.79 Å². The third-order valence-electron chi connectivity index (χ3n) is 5.62. The Kier molecular flexibility index (Phi) is 4.68. The second kappa shape index (κ2) is 7.14. The first-order valence-corrected chi connectivity index (χ1v) is 9.42. The van der Waals surface area contributed by atoms with Gasteiger partial charge in [-0.2, -0.15) is 0 Å². The van der Waals surface area contributed by atoms with E-state index in [1.54, 1.807) is 18.2 Å². The molecule has 2 aromatic rings. The molecule has 4 rings (SSSR count). The van der Waals surface area contributed by atoms with Gasteiger partial charge < -0.3 is 9.64 Å². The first-order chi connectivity index (χ1) is 13.1. The molecule has 0 bridgehead atoms. The largest absolute Gasteiger partial charge is 0.450 e. The van der Waals surface area contributed by atoms with E-state index in [-0.39, 0.29) is 17.7 Å². The zero-order valence-corrected chi connectivity index (χ0v) is 15.1. The number of halogens is 1. The van der Waals surface area contributed by atoms with E-state index in [0.29, 0.717) is 37.9 Å². The van der Waals surface area contributed by atoms with E-state index in [4.69, 9.17) is 4.74 Å². The van der Waals surface area contributed by atoms with Crippen LogP contribution in [0.25, 0.3) is 0 Å². The van der Waals surface area contributed by atoms with Gasteiger partial charge in [-0.25, -0.2) is 9.18 Å². The Bertz CT molecular complexity index is 854. The molecule has 0 unspecified atom stereocenters. The minimum absolute atomic E-state index is 0.129. The Balaban J connectivity index is 1.31. The van der Waals surface area contributed by atoms with Gasteiger partial charge in [0.05, 0.1) is 5.56 Å². The number of esters is 1. The van der Waals surface area contributed by atoms with Gasteiger partial charge in [0.15, 0.2) is 0 Å². The van der Waals surface area contributed by atoms with E-state index >= 15 is 0 Å². The van der Waals surface area contributed by atoms with Crippen molar-refractivity contribution in [3.8, 4) is 0 Å². The number of aryl methyl sites for hydroxylation is 1. The number of hydrogen-bond donors (Lipinski definition) is 0. The second-order valence-electron chi connectivity index (χ2n) is 7.29. The summed E-state index contributed by atoms with van der Waals surface area (Å²) >= 11 is 0. The lowest BCUT2D eigenvalue weighted by Gasteiger charge is -2.38. The molecule has 0 aliphatic carbocycles. The van der Waals surface area contributed by atoms with Gasteiger partial charge >= 0.3 is 5.97 Å². The summed E-state index contributed by atoms with van der Waals surface area (Å²) in [6, 6.07) is 13.9. The summed E-state index contributed by atoms with van der Waals surface area (Å²) in [7, 11) is 0. The molecule has 1 spiro atoms. The van der Waals surface area contributed by atoms with Crippen LogP contribution in [-0.2, 0) is 21.6 Å². The van der Waals surface area contributed by atoms with Crippen LogP contribution < -0.4 is 0 Å². The van der Waals surface area contributed by atoms with Crippen LogP contribution in [0.5, 0.6) is 0 Å². The van der Waals surface area contributed by atoms with Crippen LogP contribution in [0.3, 0.4) is 0 Å². The molecule has 2 heterocycles. The highest BCUT2D eigenvalue weighted by molar-refractivity contribution is 5.94. The minimum Gasteiger partial charge on any atom is -0.450 e. The van der Waals surface area contributed by atoms with Gasteiger partial charge in [0.2, 0.25) is 5.91 Å². The fourth-order valence-corrected chi connectivity index (χ4v) is 4.09. The molecule has 27 heavy (non-hydrogen) atoms. The van der Waals surface area contributed by atoms with Crippen LogP contribution in [0.15, 0.2) is 48.5 Å². The Morgan fingerprint density at radius 3 is 2.52 bits per heavy atom. The fourth-order valence-electron chi connectivity index (χ4n) is 4.09. The number of nitrogens with zero attached hydrogens (tertiary/aromatic N) is 1. The van der Waals surface area contributed by atoms with Crippen LogP contribution in [0.4, 0.5) is 4.39 Å². The van der Waals surface area contributed by atoms with E-state index in [1.807, 2.05) is 23.1 Å². The number of amides is 1. The maximum atomic E-state index is 12.9. The molecule has 4 nitrogen and oxygen atoms in total. The maximum Gasteiger partial charge on any atom is 0.339 e. The van der Waals surface area contributed by atoms with Gasteiger partial charge in [0.1, 0.15) is 11.4 Å². The normalized spacial score (nSPS) is 17.7. The zero-order chi connectivity index (χ0) is 18.9. The zero-order valence-electron chi connectivity index (χ0n) is 15.1. The third-order valence-corrected chi connectivity index (χ3v) is 5.62. The highest BCUT2D eigenvalue weighted by Crippen LogP contribution is 2.43. The lowest BCUT2D eigenvalue weighted by Crippen LogP contribution is -2.45. The number of carbonyl (C=O) groups is 2. The molecule has 0 atom stereocenters. The molecule has 0 saturated carbocycles. The van der Waals surface area contributed by atoms with Crippen molar-refractivity contribution in [2.45, 2.75) is 37.7 Å². The number of hydrogen-bond acceptors (Lipinski definition) is 3. The van der Waals surface area contributed by atoms with E-state index in [1.165, 1.54) is 12.1 Å². The lowest BCUT2D eigenvalue weighted by molar-refractivity contribution is -0.135. The lowest BCUT2D eigenvalue weighted by atomic mass is 9.83. The predicted octanol–water partition coefficient (Wildman–Crippen LogP) is 3.84. The second-order valence-corrected chi connectivity index (χ2v) is 7.29. The van der Waals surface area contributed by atoms with Crippen LogP contribution in [0, 0.1) is 5.82 Å². The Morgan fingerprint density at radius 2 is 1.78 bits per heavy atom. The smallest absolute Gasteiger partial charge is 0.339 e. The Labute approximate surface area is 157 Å². The number of benzene rings is 2. The van der Waals surface area contributed by atoms with E-state index < -0.39 is 5.60 Å². The molecular formula is C22H22FNO3. The summed E-state index contributed by atoms with van der Waals surface area (Å²) in [6.07, 6.45) is 3.25. The number of ether oxygens (including phenoxy) is 1. The summed E-state index contributed by atoms with van der Waals surface area (Å²) in [5.74, 6) is -0.375. The standard InChI is InChI=1S/C22H22FNO3/c23-17-10-8-16(9-11-17)4-3-7-20(25)24-14-12-22(13-15-24)19-6-2-1-5-18(19)21(26)27-22/h1-2,5-6,8-11H,3-4,7,12-15H2. The average Bonchev–Trinajstić information content (AvgIpc) is 2.96. The van der Waals surface area contributed by atoms with Crippen molar-refractivity contribution in [1.29, 1.82) is 0 Å². The van der Waals surface area contributed by atoms with Crippen molar-refractivity contribution in [2.75, 3.05) is 13.1 Å². The highest BCUT2D eigenvalue weighted by Gasteiger charge is 2.47. The molecule has 1 amide bonds. The van der Waals surface area contributed by atoms with E-state index in [0.717, 1.165) is 24.0 Å². The molecule has 0 N–H and O–H groups in total. The maximum absolute atomic E-state index is 12.9. The number of fused-ring (bicyclic) bond motifs is 2. The molecule has 0 radical (unpaired) electrons. The first-order valence-electron chi connectivity index (χ1n) is 9.42. The van der Waals surface area contributed by atoms with Gasteiger partial charge in [-0.15, -0.1) is 0 Å². The molecule has 1 saturated heterocycles. The monoisotopic (exact) mass is 367 g/mol. The molecule has 0 aromatic heterocycles. The summed E-state index contributed by atoms with van der Waals surface area (Å²) in [5, 5.41) is 0. The van der Waals surface area contributed by atoms with Gasteiger partial charge in [-0.05, 0) is 36.6 Å². The van der Waals surface area contributed by atoms with Gasteiger partial charge in [-0.1, -0.05) is 30.3 Å². The summed E-state index contributed by atoms with van der Waals surface area (Å²) < 4.78 is 18.7. The molecule has 2 aromatic carbocycles. The molecule has 2 aliphatic heterocycles. The Morgan fingerprint density at radius 1 is 1.07 bits per heavy atom. The molecule has 5 heteroatoms. The fraction of sp³-hybridized carbons (Fsp3) is 0.364. The van der Waals surface area contributed by atoms with Crippen molar-refractivity contribution in [3.05, 3.63) is 71.0 Å². The van der Waals surface area contributed by atoms with Crippen molar-refractivity contribution in [3.63, 3.8) is 0 Å². The number of likely N-dealkylation sites (tertiary alicyclic amines) is 1. The number of rotatable bonds is 4. The van der Waals surface area contributed by atoms with Crippen LogP contribution in [-0.4, -0.2) is 29.9 Å². The molecule has 1 fully saturated rings. The summed E-state index contributed by atoms with van der Waals surface area (Å²) in [4.78, 5) is 26.5. The van der Waals surface area contributed by atoms with E-state index in [9.17, 15) is 14.0 Å². The molecule has 140 valence electrons. The third kappa shape index (κ3) is 3.46. The molecular weight excluding hydrogens is 345 g/mol. The number of piperidine rings is 1. The van der Waals surface area contributed by atoms with Gasteiger partial charge in [0, 0.05) is 37.9 Å². The summed E-state index contributed by atoms with van der Waals surface area (Å²) in [5.41, 5.74) is 2.07.